The minimum absolute atomic E-state index is 0.0461. The smallest absolute Gasteiger partial charge is 0.314 e. The molecule has 1 aromatic rings. The fraction of sp³-hybridized carbons (Fsp3) is 0.611. The zero-order chi connectivity index (χ0) is 17.0. The molecule has 5 nitrogen and oxygen atoms in total. The topological polar surface area (TPSA) is 59.5 Å². The van der Waals surface area contributed by atoms with Crippen molar-refractivity contribution in [2.24, 2.45) is 11.3 Å². The summed E-state index contributed by atoms with van der Waals surface area (Å²) in [5.41, 5.74) is 0.316. The van der Waals surface area contributed by atoms with Crippen molar-refractivity contribution in [3.05, 3.63) is 30.1 Å². The molecule has 0 N–H and O–H groups in total. The van der Waals surface area contributed by atoms with Crippen LogP contribution in [0.5, 0.6) is 0 Å². The number of esters is 1. The van der Waals surface area contributed by atoms with Crippen molar-refractivity contribution in [1.82, 2.24) is 9.88 Å². The molecule has 1 aliphatic heterocycles. The monoisotopic (exact) mass is 318 g/mol. The standard InChI is InChI=1S/C18H26N2O3/c1-5-23-17(22)18(13(2)3)8-10-20(12-18)16(21)14(4)15-7-6-9-19-11-15/h6-7,9,11,13-14H,5,8,10,12H2,1-4H3. The van der Waals surface area contributed by atoms with Gasteiger partial charge >= 0.3 is 5.97 Å². The highest BCUT2D eigenvalue weighted by molar-refractivity contribution is 5.85. The first-order valence-electron chi connectivity index (χ1n) is 8.28. The van der Waals surface area contributed by atoms with Gasteiger partial charge in [0.25, 0.3) is 0 Å². The van der Waals surface area contributed by atoms with Crippen LogP contribution in [0.15, 0.2) is 24.5 Å². The molecule has 2 atom stereocenters. The van der Waals surface area contributed by atoms with Gasteiger partial charge < -0.3 is 9.64 Å². The Morgan fingerprint density at radius 2 is 2.13 bits per heavy atom. The molecule has 2 heterocycles. The second kappa shape index (κ2) is 7.11. The molecule has 23 heavy (non-hydrogen) atoms. The van der Waals surface area contributed by atoms with E-state index in [9.17, 15) is 9.59 Å². The van der Waals surface area contributed by atoms with E-state index in [1.54, 1.807) is 17.3 Å². The number of rotatable bonds is 5. The number of amides is 1. The Labute approximate surface area is 138 Å². The lowest BCUT2D eigenvalue weighted by Crippen LogP contribution is -2.42. The van der Waals surface area contributed by atoms with Crippen molar-refractivity contribution < 1.29 is 14.3 Å². The lowest BCUT2D eigenvalue weighted by Gasteiger charge is -2.31. The summed E-state index contributed by atoms with van der Waals surface area (Å²) in [5.74, 6) is -0.258. The predicted octanol–water partition coefficient (Wildman–Crippen LogP) is 2.62. The summed E-state index contributed by atoms with van der Waals surface area (Å²) in [7, 11) is 0. The Morgan fingerprint density at radius 3 is 2.70 bits per heavy atom. The van der Waals surface area contributed by atoms with Gasteiger partial charge in [0.15, 0.2) is 0 Å². The summed E-state index contributed by atoms with van der Waals surface area (Å²) >= 11 is 0. The van der Waals surface area contributed by atoms with Gasteiger partial charge in [-0.05, 0) is 37.8 Å². The lowest BCUT2D eigenvalue weighted by molar-refractivity contribution is -0.157. The maximum absolute atomic E-state index is 12.8. The largest absolute Gasteiger partial charge is 0.466 e. The molecule has 2 rings (SSSR count). The highest BCUT2D eigenvalue weighted by Gasteiger charge is 2.49. The highest BCUT2D eigenvalue weighted by atomic mass is 16.5. The van der Waals surface area contributed by atoms with E-state index in [0.29, 0.717) is 26.1 Å². The molecule has 1 aromatic heterocycles. The van der Waals surface area contributed by atoms with Gasteiger partial charge in [0.2, 0.25) is 5.91 Å². The van der Waals surface area contributed by atoms with Gasteiger partial charge in [0, 0.05) is 25.5 Å². The second-order valence-corrected chi connectivity index (χ2v) is 6.55. The summed E-state index contributed by atoms with van der Waals surface area (Å²) in [5, 5.41) is 0. The molecule has 0 radical (unpaired) electrons. The Hall–Kier alpha value is -1.91. The van der Waals surface area contributed by atoms with Gasteiger partial charge in [-0.3, -0.25) is 14.6 Å². The zero-order valence-electron chi connectivity index (χ0n) is 14.4. The van der Waals surface area contributed by atoms with Crippen LogP contribution in [0.25, 0.3) is 0 Å². The molecule has 5 heteroatoms. The van der Waals surface area contributed by atoms with Crippen LogP contribution in [0.4, 0.5) is 0 Å². The number of pyridine rings is 1. The first-order valence-corrected chi connectivity index (χ1v) is 8.28. The van der Waals surface area contributed by atoms with Gasteiger partial charge in [-0.15, -0.1) is 0 Å². The van der Waals surface area contributed by atoms with Crippen LogP contribution >= 0.6 is 0 Å². The number of aromatic nitrogens is 1. The van der Waals surface area contributed by atoms with E-state index in [1.807, 2.05) is 39.8 Å². The minimum Gasteiger partial charge on any atom is -0.466 e. The SMILES string of the molecule is CCOC(=O)C1(C(C)C)CCN(C(=O)C(C)c2cccnc2)C1. The van der Waals surface area contributed by atoms with Crippen molar-refractivity contribution in [1.29, 1.82) is 0 Å². The number of hydrogen-bond acceptors (Lipinski definition) is 4. The maximum atomic E-state index is 12.8. The highest BCUT2D eigenvalue weighted by Crippen LogP contribution is 2.40. The summed E-state index contributed by atoms with van der Waals surface area (Å²) in [4.78, 5) is 31.1. The zero-order valence-corrected chi connectivity index (χ0v) is 14.4. The van der Waals surface area contributed by atoms with Crippen molar-refractivity contribution in [3.8, 4) is 0 Å². The Bertz CT molecular complexity index is 559. The molecule has 1 saturated heterocycles. The molecule has 1 amide bonds. The van der Waals surface area contributed by atoms with E-state index >= 15 is 0 Å². The second-order valence-electron chi connectivity index (χ2n) is 6.55. The van der Waals surface area contributed by atoms with E-state index < -0.39 is 5.41 Å². The first-order chi connectivity index (χ1) is 10.9. The lowest BCUT2D eigenvalue weighted by atomic mass is 9.76. The van der Waals surface area contributed by atoms with Crippen LogP contribution < -0.4 is 0 Å². The van der Waals surface area contributed by atoms with Crippen LogP contribution in [0, 0.1) is 11.3 Å². The van der Waals surface area contributed by atoms with Crippen LogP contribution in [-0.2, 0) is 14.3 Å². The molecule has 0 saturated carbocycles. The molecule has 0 bridgehead atoms. The average molecular weight is 318 g/mol. The fourth-order valence-corrected chi connectivity index (χ4v) is 3.22. The van der Waals surface area contributed by atoms with Crippen LogP contribution in [0.2, 0.25) is 0 Å². The molecule has 0 aliphatic carbocycles. The summed E-state index contributed by atoms with van der Waals surface area (Å²) in [6, 6.07) is 3.74. The number of nitrogens with zero attached hydrogens (tertiary/aromatic N) is 2. The summed E-state index contributed by atoms with van der Waals surface area (Å²) in [6.07, 6.45) is 4.08. The Balaban J connectivity index is 2.14. The van der Waals surface area contributed by atoms with Crippen LogP contribution in [0.3, 0.4) is 0 Å². The van der Waals surface area contributed by atoms with E-state index in [4.69, 9.17) is 4.74 Å². The summed E-state index contributed by atoms with van der Waals surface area (Å²) in [6.45, 7) is 9.15. The molecular weight excluding hydrogens is 292 g/mol. The third-order valence-corrected chi connectivity index (χ3v) is 4.95. The van der Waals surface area contributed by atoms with Gasteiger partial charge in [0.05, 0.1) is 17.9 Å². The Morgan fingerprint density at radius 1 is 1.39 bits per heavy atom. The van der Waals surface area contributed by atoms with E-state index in [1.165, 1.54) is 0 Å². The number of carbonyl (C=O) groups is 2. The maximum Gasteiger partial charge on any atom is 0.314 e. The molecule has 126 valence electrons. The van der Waals surface area contributed by atoms with E-state index in [2.05, 4.69) is 4.98 Å². The normalized spacial score (nSPS) is 22.2. The number of hydrogen-bond donors (Lipinski definition) is 0. The van der Waals surface area contributed by atoms with Crippen molar-refractivity contribution in [2.75, 3.05) is 19.7 Å². The van der Waals surface area contributed by atoms with Gasteiger partial charge in [-0.1, -0.05) is 19.9 Å². The number of ether oxygens (including phenoxy) is 1. The van der Waals surface area contributed by atoms with E-state index in [0.717, 1.165) is 5.56 Å². The van der Waals surface area contributed by atoms with Gasteiger partial charge in [0.1, 0.15) is 0 Å². The molecule has 0 aromatic carbocycles. The number of likely N-dealkylation sites (tertiary alicyclic amines) is 1. The third kappa shape index (κ3) is 3.38. The van der Waals surface area contributed by atoms with Gasteiger partial charge in [-0.25, -0.2) is 0 Å². The summed E-state index contributed by atoms with van der Waals surface area (Å²) < 4.78 is 5.28. The van der Waals surface area contributed by atoms with Gasteiger partial charge in [-0.2, -0.15) is 0 Å². The quantitative estimate of drug-likeness (QED) is 0.783. The predicted molar refractivity (Wildman–Crippen MR) is 87.8 cm³/mol. The average Bonchev–Trinajstić information content (AvgIpc) is 3.01. The van der Waals surface area contributed by atoms with E-state index in [-0.39, 0.29) is 23.7 Å². The van der Waals surface area contributed by atoms with Crippen molar-refractivity contribution in [3.63, 3.8) is 0 Å². The molecular formula is C18H26N2O3. The first kappa shape index (κ1) is 17.4. The fourth-order valence-electron chi connectivity index (χ4n) is 3.22. The minimum atomic E-state index is -0.583. The van der Waals surface area contributed by atoms with Crippen LogP contribution in [-0.4, -0.2) is 41.5 Å². The van der Waals surface area contributed by atoms with Crippen molar-refractivity contribution in [2.45, 2.75) is 40.0 Å². The molecule has 0 spiro atoms. The van der Waals surface area contributed by atoms with Crippen molar-refractivity contribution >= 4 is 11.9 Å². The van der Waals surface area contributed by atoms with Crippen LogP contribution in [0.1, 0.15) is 45.6 Å². The third-order valence-electron chi connectivity index (χ3n) is 4.95. The number of carbonyl (C=O) groups excluding carboxylic acids is 2. The molecule has 1 fully saturated rings. The molecule has 2 unspecified atom stereocenters. The Kier molecular flexibility index (Phi) is 5.39. The molecule has 1 aliphatic rings.